The number of carbonyl (C=O) groups excluding carboxylic acids is 1. The van der Waals surface area contributed by atoms with Crippen LogP contribution in [0.25, 0.3) is 10.2 Å². The van der Waals surface area contributed by atoms with Crippen LogP contribution in [0.2, 0.25) is 10.0 Å². The summed E-state index contributed by atoms with van der Waals surface area (Å²) in [6, 6.07) is 15.7. The first-order valence-corrected chi connectivity index (χ1v) is 12.0. The number of sulfonamides is 1. The topological polar surface area (TPSA) is 88.2 Å². The number of anilines is 2. The lowest BCUT2D eigenvalue weighted by atomic mass is 10.2. The van der Waals surface area contributed by atoms with E-state index in [1.54, 1.807) is 18.2 Å². The molecule has 1 aromatic heterocycles. The number of rotatable bonds is 5. The number of hydrogen-bond acceptors (Lipinski definition) is 5. The zero-order valence-electron chi connectivity index (χ0n) is 16.0. The van der Waals surface area contributed by atoms with E-state index in [0.29, 0.717) is 20.7 Å². The Morgan fingerprint density at radius 2 is 1.71 bits per heavy atom. The molecular formula is C21H15Cl2N3O3S2. The second-order valence-electron chi connectivity index (χ2n) is 6.60. The van der Waals surface area contributed by atoms with Crippen molar-refractivity contribution in [1.82, 2.24) is 4.98 Å². The van der Waals surface area contributed by atoms with E-state index in [1.165, 1.54) is 47.7 Å². The van der Waals surface area contributed by atoms with Crippen LogP contribution < -0.4 is 10.0 Å². The van der Waals surface area contributed by atoms with Crippen molar-refractivity contribution in [1.29, 1.82) is 0 Å². The van der Waals surface area contributed by atoms with E-state index in [1.807, 2.05) is 13.0 Å². The first-order valence-electron chi connectivity index (χ1n) is 8.99. The Hall–Kier alpha value is -2.65. The third-order valence-corrected chi connectivity index (χ3v) is 7.49. The second-order valence-corrected chi connectivity index (χ2v) is 10.2. The van der Waals surface area contributed by atoms with Gasteiger partial charge in [-0.25, -0.2) is 13.4 Å². The van der Waals surface area contributed by atoms with Gasteiger partial charge in [0.1, 0.15) is 0 Å². The van der Waals surface area contributed by atoms with Gasteiger partial charge in [-0.15, -0.1) is 0 Å². The maximum atomic E-state index is 12.9. The van der Waals surface area contributed by atoms with Gasteiger partial charge in [-0.3, -0.25) is 14.8 Å². The van der Waals surface area contributed by atoms with Gasteiger partial charge in [-0.05, 0) is 61.0 Å². The molecule has 0 aliphatic carbocycles. The number of hydrogen-bond donors (Lipinski definition) is 2. The number of nitrogens with one attached hydrogen (secondary N) is 2. The van der Waals surface area contributed by atoms with Crippen LogP contribution in [-0.2, 0) is 10.0 Å². The molecule has 3 aromatic carbocycles. The first-order chi connectivity index (χ1) is 14.7. The summed E-state index contributed by atoms with van der Waals surface area (Å²) in [4.78, 5) is 17.4. The maximum Gasteiger partial charge on any atom is 0.261 e. The predicted molar refractivity (Wildman–Crippen MR) is 126 cm³/mol. The summed E-state index contributed by atoms with van der Waals surface area (Å²) in [5.74, 6) is -0.489. The number of carbonyl (C=O) groups is 1. The lowest BCUT2D eigenvalue weighted by molar-refractivity contribution is 0.102. The number of benzene rings is 3. The molecule has 0 aliphatic rings. The number of halogens is 2. The van der Waals surface area contributed by atoms with Gasteiger partial charge in [0, 0.05) is 10.0 Å². The van der Waals surface area contributed by atoms with E-state index in [9.17, 15) is 13.2 Å². The molecule has 1 heterocycles. The zero-order valence-corrected chi connectivity index (χ0v) is 19.2. The van der Waals surface area contributed by atoms with Crippen LogP contribution in [0.5, 0.6) is 0 Å². The van der Waals surface area contributed by atoms with Gasteiger partial charge < -0.3 is 0 Å². The standard InChI is InChI=1S/C21H15Cl2N3O3S2/c1-12-16(23)10-11-18-19(12)24-21(30-18)25-20(27)15-4-2-3-5-17(15)26-31(28,29)14-8-6-13(22)7-9-14/h2-11,26H,1H3,(H,24,25,27). The summed E-state index contributed by atoms with van der Waals surface area (Å²) in [5.41, 5.74) is 1.85. The molecule has 0 spiro atoms. The summed E-state index contributed by atoms with van der Waals surface area (Å²) in [7, 11) is -3.91. The van der Waals surface area contributed by atoms with Crippen molar-refractivity contribution in [2.24, 2.45) is 0 Å². The van der Waals surface area contributed by atoms with Crippen LogP contribution in [0.15, 0.2) is 65.6 Å². The van der Waals surface area contributed by atoms with Crippen LogP contribution in [0.1, 0.15) is 15.9 Å². The average Bonchev–Trinajstić information content (AvgIpc) is 3.14. The average molecular weight is 492 g/mol. The predicted octanol–water partition coefficient (Wildman–Crippen LogP) is 5.96. The van der Waals surface area contributed by atoms with E-state index in [-0.39, 0.29) is 16.1 Å². The van der Waals surface area contributed by atoms with Crippen molar-refractivity contribution in [3.8, 4) is 0 Å². The van der Waals surface area contributed by atoms with Gasteiger partial charge in [-0.1, -0.05) is 46.7 Å². The molecule has 4 aromatic rings. The fraction of sp³-hybridized carbons (Fsp3) is 0.0476. The lowest BCUT2D eigenvalue weighted by Crippen LogP contribution is -2.18. The third-order valence-electron chi connectivity index (χ3n) is 4.51. The van der Waals surface area contributed by atoms with E-state index in [2.05, 4.69) is 15.0 Å². The summed E-state index contributed by atoms with van der Waals surface area (Å²) >= 11 is 13.3. The van der Waals surface area contributed by atoms with Crippen molar-refractivity contribution >= 4 is 71.5 Å². The van der Waals surface area contributed by atoms with Crippen LogP contribution in [0, 0.1) is 6.92 Å². The third kappa shape index (κ3) is 4.52. The van der Waals surface area contributed by atoms with Crippen LogP contribution in [0.3, 0.4) is 0 Å². The molecule has 0 saturated heterocycles. The van der Waals surface area contributed by atoms with Crippen molar-refractivity contribution in [3.63, 3.8) is 0 Å². The number of aryl methyl sites for hydroxylation is 1. The van der Waals surface area contributed by atoms with Gasteiger partial charge in [0.2, 0.25) is 0 Å². The molecule has 2 N–H and O–H groups in total. The molecule has 0 fully saturated rings. The summed E-state index contributed by atoms with van der Waals surface area (Å²) in [5, 5.41) is 4.15. The highest BCUT2D eigenvalue weighted by Gasteiger charge is 2.20. The Kier molecular flexibility index (Phi) is 5.90. The van der Waals surface area contributed by atoms with Gasteiger partial charge in [0.25, 0.3) is 15.9 Å². The van der Waals surface area contributed by atoms with E-state index in [0.717, 1.165) is 10.3 Å². The van der Waals surface area contributed by atoms with Crippen LogP contribution in [-0.4, -0.2) is 19.3 Å². The molecule has 6 nitrogen and oxygen atoms in total. The van der Waals surface area contributed by atoms with Gasteiger partial charge in [-0.2, -0.15) is 0 Å². The molecule has 4 rings (SSSR count). The van der Waals surface area contributed by atoms with Crippen LogP contribution in [0.4, 0.5) is 10.8 Å². The number of amides is 1. The van der Waals surface area contributed by atoms with Gasteiger partial charge in [0.05, 0.1) is 26.4 Å². The Morgan fingerprint density at radius 1 is 1.00 bits per heavy atom. The SMILES string of the molecule is Cc1c(Cl)ccc2sc(NC(=O)c3ccccc3NS(=O)(=O)c3ccc(Cl)cc3)nc12. The molecule has 0 atom stereocenters. The molecule has 158 valence electrons. The smallest absolute Gasteiger partial charge is 0.261 e. The van der Waals surface area contributed by atoms with E-state index >= 15 is 0 Å². The number of nitrogens with zero attached hydrogens (tertiary/aromatic N) is 1. The molecule has 31 heavy (non-hydrogen) atoms. The molecule has 0 saturated carbocycles. The van der Waals surface area contributed by atoms with Crippen LogP contribution >= 0.6 is 34.5 Å². The minimum absolute atomic E-state index is 0.0330. The Bertz CT molecular complexity index is 1400. The summed E-state index contributed by atoms with van der Waals surface area (Å²) in [6.07, 6.45) is 0. The maximum absolute atomic E-state index is 12.9. The zero-order chi connectivity index (χ0) is 22.2. The lowest BCUT2D eigenvalue weighted by Gasteiger charge is -2.12. The van der Waals surface area contributed by atoms with Gasteiger partial charge >= 0.3 is 0 Å². The minimum Gasteiger partial charge on any atom is -0.298 e. The quantitative estimate of drug-likeness (QED) is 0.360. The molecule has 0 unspecified atom stereocenters. The second kappa shape index (κ2) is 8.47. The fourth-order valence-corrected chi connectivity index (χ4v) is 5.18. The largest absolute Gasteiger partial charge is 0.298 e. The minimum atomic E-state index is -3.91. The summed E-state index contributed by atoms with van der Waals surface area (Å²) in [6.45, 7) is 1.86. The van der Waals surface area contributed by atoms with E-state index < -0.39 is 15.9 Å². The van der Waals surface area contributed by atoms with Crippen molar-refractivity contribution in [2.75, 3.05) is 10.0 Å². The Balaban J connectivity index is 1.61. The number of thiazole rings is 1. The highest BCUT2D eigenvalue weighted by molar-refractivity contribution is 7.92. The summed E-state index contributed by atoms with van der Waals surface area (Å²) < 4.78 is 28.8. The molecule has 1 amide bonds. The Labute approximate surface area is 192 Å². The first kappa shape index (κ1) is 21.6. The fourth-order valence-electron chi connectivity index (χ4n) is 2.91. The number of fused-ring (bicyclic) bond motifs is 1. The number of aromatic nitrogens is 1. The molecule has 10 heteroatoms. The molecule has 0 radical (unpaired) electrons. The highest BCUT2D eigenvalue weighted by atomic mass is 35.5. The number of para-hydroxylation sites is 1. The molecule has 0 aliphatic heterocycles. The Morgan fingerprint density at radius 3 is 2.45 bits per heavy atom. The highest BCUT2D eigenvalue weighted by Crippen LogP contribution is 2.32. The van der Waals surface area contributed by atoms with Crippen molar-refractivity contribution < 1.29 is 13.2 Å². The molecular weight excluding hydrogens is 477 g/mol. The monoisotopic (exact) mass is 491 g/mol. The normalized spacial score (nSPS) is 11.5. The van der Waals surface area contributed by atoms with Crippen molar-refractivity contribution in [3.05, 3.63) is 81.8 Å². The van der Waals surface area contributed by atoms with Gasteiger partial charge in [0.15, 0.2) is 5.13 Å². The van der Waals surface area contributed by atoms with E-state index in [4.69, 9.17) is 23.2 Å². The molecule has 0 bridgehead atoms. The van der Waals surface area contributed by atoms with Crippen molar-refractivity contribution in [2.45, 2.75) is 11.8 Å².